The van der Waals surface area contributed by atoms with Crippen LogP contribution in [0.4, 0.5) is 5.69 Å². The summed E-state index contributed by atoms with van der Waals surface area (Å²) in [6.07, 6.45) is 0.955. The van der Waals surface area contributed by atoms with Gasteiger partial charge in [-0.05, 0) is 55.7 Å². The third kappa shape index (κ3) is 4.17. The van der Waals surface area contributed by atoms with E-state index in [1.807, 2.05) is 44.2 Å². The van der Waals surface area contributed by atoms with Gasteiger partial charge in [0.25, 0.3) is 0 Å². The first-order chi connectivity index (χ1) is 9.66. The van der Waals surface area contributed by atoms with Crippen LogP contribution in [0.25, 0.3) is 0 Å². The number of hydrogen-bond acceptors (Lipinski definition) is 2. The van der Waals surface area contributed by atoms with Crippen molar-refractivity contribution < 1.29 is 4.74 Å². The van der Waals surface area contributed by atoms with Crippen molar-refractivity contribution >= 4 is 17.3 Å². The molecule has 0 bridgehead atoms. The largest absolute Gasteiger partial charge is 0.493 e. The second-order valence-electron chi connectivity index (χ2n) is 4.86. The monoisotopic (exact) mass is 289 g/mol. The van der Waals surface area contributed by atoms with Gasteiger partial charge in [0.1, 0.15) is 5.75 Å². The maximum Gasteiger partial charge on any atom is 0.125 e. The highest BCUT2D eigenvalue weighted by Gasteiger charge is 2.05. The molecule has 2 aromatic rings. The molecule has 0 aliphatic rings. The van der Waals surface area contributed by atoms with E-state index in [0.29, 0.717) is 6.61 Å². The number of halogens is 1. The predicted molar refractivity (Wildman–Crippen MR) is 86.0 cm³/mol. The van der Waals surface area contributed by atoms with Crippen LogP contribution in [-0.2, 0) is 0 Å². The number of para-hydroxylation sites is 1. The third-order valence-corrected chi connectivity index (χ3v) is 3.31. The Kier molecular flexibility index (Phi) is 5.31. The summed E-state index contributed by atoms with van der Waals surface area (Å²) in [5, 5.41) is 4.13. The fourth-order valence-electron chi connectivity index (χ4n) is 2.16. The second kappa shape index (κ2) is 7.20. The average Bonchev–Trinajstić information content (AvgIpc) is 2.42. The number of ether oxygens (including phenoxy) is 1. The zero-order chi connectivity index (χ0) is 14.4. The first-order valence-electron chi connectivity index (χ1n) is 6.85. The van der Waals surface area contributed by atoms with Gasteiger partial charge in [-0.2, -0.15) is 0 Å². The van der Waals surface area contributed by atoms with Crippen molar-refractivity contribution in [1.29, 1.82) is 0 Å². The van der Waals surface area contributed by atoms with Gasteiger partial charge < -0.3 is 10.1 Å². The van der Waals surface area contributed by atoms with Crippen molar-refractivity contribution in [1.82, 2.24) is 0 Å². The van der Waals surface area contributed by atoms with Gasteiger partial charge in [-0.3, -0.25) is 0 Å². The third-order valence-electron chi connectivity index (χ3n) is 3.10. The Labute approximate surface area is 125 Å². The van der Waals surface area contributed by atoms with Crippen LogP contribution in [0.2, 0.25) is 5.02 Å². The van der Waals surface area contributed by atoms with Crippen LogP contribution in [0, 0.1) is 13.8 Å². The van der Waals surface area contributed by atoms with E-state index in [2.05, 4.69) is 17.4 Å². The number of aryl methyl sites for hydroxylation is 2. The summed E-state index contributed by atoms with van der Waals surface area (Å²) in [7, 11) is 0. The van der Waals surface area contributed by atoms with E-state index in [1.165, 1.54) is 0 Å². The summed E-state index contributed by atoms with van der Waals surface area (Å²) >= 11 is 6.01. The van der Waals surface area contributed by atoms with Crippen LogP contribution in [0.1, 0.15) is 17.5 Å². The Morgan fingerprint density at radius 2 is 1.70 bits per heavy atom. The van der Waals surface area contributed by atoms with Crippen molar-refractivity contribution in [2.24, 2.45) is 0 Å². The molecule has 3 heteroatoms. The zero-order valence-corrected chi connectivity index (χ0v) is 12.7. The van der Waals surface area contributed by atoms with Crippen molar-refractivity contribution in [3.8, 4) is 5.75 Å². The van der Waals surface area contributed by atoms with Gasteiger partial charge in [-0.1, -0.05) is 29.8 Å². The fourth-order valence-corrected chi connectivity index (χ4v) is 2.49. The molecule has 0 aromatic heterocycles. The van der Waals surface area contributed by atoms with E-state index in [4.69, 9.17) is 16.3 Å². The van der Waals surface area contributed by atoms with Crippen LogP contribution in [0.15, 0.2) is 42.5 Å². The van der Waals surface area contributed by atoms with E-state index in [9.17, 15) is 0 Å². The summed E-state index contributed by atoms with van der Waals surface area (Å²) in [4.78, 5) is 0. The number of anilines is 1. The maximum atomic E-state index is 6.01. The zero-order valence-electron chi connectivity index (χ0n) is 11.9. The minimum Gasteiger partial charge on any atom is -0.493 e. The second-order valence-corrected chi connectivity index (χ2v) is 5.30. The molecule has 0 amide bonds. The fraction of sp³-hybridized carbons (Fsp3) is 0.294. The van der Waals surface area contributed by atoms with Gasteiger partial charge in [0, 0.05) is 17.3 Å². The van der Waals surface area contributed by atoms with Gasteiger partial charge >= 0.3 is 0 Å². The molecule has 2 rings (SSSR count). The van der Waals surface area contributed by atoms with Crippen molar-refractivity contribution in [2.75, 3.05) is 18.5 Å². The lowest BCUT2D eigenvalue weighted by Crippen LogP contribution is -2.08. The lowest BCUT2D eigenvalue weighted by Gasteiger charge is -2.13. The molecule has 1 N–H and O–H groups in total. The minimum absolute atomic E-state index is 0.698. The summed E-state index contributed by atoms with van der Waals surface area (Å²) in [5.41, 5.74) is 3.32. The molecule has 0 unspecified atom stereocenters. The Morgan fingerprint density at radius 3 is 2.35 bits per heavy atom. The lowest BCUT2D eigenvalue weighted by molar-refractivity contribution is 0.311. The van der Waals surface area contributed by atoms with Gasteiger partial charge in [0.2, 0.25) is 0 Å². The smallest absolute Gasteiger partial charge is 0.125 e. The van der Waals surface area contributed by atoms with Gasteiger partial charge in [-0.25, -0.2) is 0 Å². The highest BCUT2D eigenvalue weighted by atomic mass is 35.5. The van der Waals surface area contributed by atoms with E-state index >= 15 is 0 Å². The van der Waals surface area contributed by atoms with E-state index in [0.717, 1.165) is 40.6 Å². The van der Waals surface area contributed by atoms with Crippen LogP contribution in [0.3, 0.4) is 0 Å². The van der Waals surface area contributed by atoms with Crippen LogP contribution in [0.5, 0.6) is 5.75 Å². The van der Waals surface area contributed by atoms with E-state index in [-0.39, 0.29) is 0 Å². The average molecular weight is 290 g/mol. The number of hydrogen-bond donors (Lipinski definition) is 1. The van der Waals surface area contributed by atoms with Crippen LogP contribution >= 0.6 is 11.6 Å². The molecule has 0 aliphatic carbocycles. The topological polar surface area (TPSA) is 21.3 Å². The first kappa shape index (κ1) is 14.7. The summed E-state index contributed by atoms with van der Waals surface area (Å²) in [6.45, 7) is 5.64. The number of rotatable bonds is 6. The Hall–Kier alpha value is -1.67. The Bertz CT molecular complexity index is 531. The van der Waals surface area contributed by atoms with Crippen LogP contribution < -0.4 is 10.1 Å². The quantitative estimate of drug-likeness (QED) is 0.769. The van der Waals surface area contributed by atoms with Gasteiger partial charge in [0.05, 0.1) is 6.61 Å². The van der Waals surface area contributed by atoms with Crippen LogP contribution in [-0.4, -0.2) is 13.2 Å². The first-order valence-corrected chi connectivity index (χ1v) is 7.23. The highest BCUT2D eigenvalue weighted by Crippen LogP contribution is 2.27. The predicted octanol–water partition coefficient (Wildman–Crippen LogP) is 4.84. The lowest BCUT2D eigenvalue weighted by atomic mass is 10.1. The molecule has 0 saturated carbocycles. The Balaban J connectivity index is 1.76. The number of nitrogens with one attached hydrogen (secondary N) is 1. The summed E-state index contributed by atoms with van der Waals surface area (Å²) in [6, 6.07) is 14.1. The molecule has 0 aliphatic heterocycles. The standard InChI is InChI=1S/C17H20ClNO/c1-13-11-15(18)12-14(2)17(13)20-10-6-9-19-16-7-4-3-5-8-16/h3-5,7-8,11-12,19H,6,9-10H2,1-2H3. The molecule has 106 valence electrons. The molecule has 0 atom stereocenters. The molecule has 0 radical (unpaired) electrons. The molecule has 0 saturated heterocycles. The summed E-state index contributed by atoms with van der Waals surface area (Å²) in [5.74, 6) is 0.953. The van der Waals surface area contributed by atoms with Crippen molar-refractivity contribution in [2.45, 2.75) is 20.3 Å². The molecular formula is C17H20ClNO. The van der Waals surface area contributed by atoms with Gasteiger partial charge in [-0.15, -0.1) is 0 Å². The maximum absolute atomic E-state index is 6.01. The molecule has 2 nitrogen and oxygen atoms in total. The Morgan fingerprint density at radius 1 is 1.05 bits per heavy atom. The normalized spacial score (nSPS) is 10.3. The van der Waals surface area contributed by atoms with Crippen molar-refractivity contribution in [3.05, 3.63) is 58.6 Å². The molecule has 0 heterocycles. The highest BCUT2D eigenvalue weighted by molar-refractivity contribution is 6.30. The minimum atomic E-state index is 0.698. The molecule has 0 fully saturated rings. The molecule has 2 aromatic carbocycles. The van der Waals surface area contributed by atoms with Crippen molar-refractivity contribution in [3.63, 3.8) is 0 Å². The molecular weight excluding hydrogens is 270 g/mol. The number of benzene rings is 2. The summed E-state index contributed by atoms with van der Waals surface area (Å²) < 4.78 is 5.86. The van der Waals surface area contributed by atoms with E-state index < -0.39 is 0 Å². The molecule has 20 heavy (non-hydrogen) atoms. The SMILES string of the molecule is Cc1cc(Cl)cc(C)c1OCCCNc1ccccc1. The molecule has 0 spiro atoms. The van der Waals surface area contributed by atoms with E-state index in [1.54, 1.807) is 0 Å². The van der Waals surface area contributed by atoms with Gasteiger partial charge in [0.15, 0.2) is 0 Å².